The van der Waals surface area contributed by atoms with Gasteiger partial charge in [0.1, 0.15) is 0 Å². The Hall–Kier alpha value is 0.690. The molecule has 0 aliphatic heterocycles. The van der Waals surface area contributed by atoms with Crippen LogP contribution in [0.2, 0.25) is 0 Å². The average Bonchev–Trinajstić information content (AvgIpc) is 1.98. The molecule has 0 fully saturated rings. The van der Waals surface area contributed by atoms with E-state index in [-0.39, 0.29) is 0 Å². The summed E-state index contributed by atoms with van der Waals surface area (Å²) in [6.45, 7) is 7.91. The Morgan fingerprint density at radius 3 is 2.40 bits per heavy atom. The molecular formula is C8H18IN. The first kappa shape index (κ1) is 10.7. The minimum atomic E-state index is 0.678. The summed E-state index contributed by atoms with van der Waals surface area (Å²) in [6.07, 6.45) is 1.23. The molecule has 1 unspecified atom stereocenters. The Bertz CT molecular complexity index is 75.7. The SMILES string of the molecule is CCCNC(C)[C@@H](C)CI. The molecule has 0 saturated carbocycles. The van der Waals surface area contributed by atoms with E-state index >= 15 is 0 Å². The first-order valence-corrected chi connectivity index (χ1v) is 5.54. The van der Waals surface area contributed by atoms with Gasteiger partial charge in [0.25, 0.3) is 0 Å². The molecule has 0 amide bonds. The molecule has 1 nitrogen and oxygen atoms in total. The molecule has 0 spiro atoms. The largest absolute Gasteiger partial charge is 0.314 e. The van der Waals surface area contributed by atoms with E-state index in [0.29, 0.717) is 6.04 Å². The van der Waals surface area contributed by atoms with Crippen molar-refractivity contribution >= 4 is 22.6 Å². The van der Waals surface area contributed by atoms with Crippen molar-refractivity contribution in [3.05, 3.63) is 0 Å². The van der Waals surface area contributed by atoms with Gasteiger partial charge in [0, 0.05) is 10.5 Å². The second-order valence-electron chi connectivity index (χ2n) is 2.87. The molecule has 0 bridgehead atoms. The van der Waals surface area contributed by atoms with Gasteiger partial charge in [-0.1, -0.05) is 36.4 Å². The Kier molecular flexibility index (Phi) is 6.85. The number of rotatable bonds is 5. The Morgan fingerprint density at radius 2 is 2.00 bits per heavy atom. The zero-order valence-electron chi connectivity index (χ0n) is 7.15. The number of hydrogen-bond acceptors (Lipinski definition) is 1. The minimum absolute atomic E-state index is 0.678. The highest BCUT2D eigenvalue weighted by Gasteiger charge is 2.07. The maximum atomic E-state index is 3.48. The summed E-state index contributed by atoms with van der Waals surface area (Å²) in [5.41, 5.74) is 0. The van der Waals surface area contributed by atoms with Crippen molar-refractivity contribution in [3.63, 3.8) is 0 Å². The third-order valence-corrected chi connectivity index (χ3v) is 3.20. The van der Waals surface area contributed by atoms with Crippen LogP contribution in [-0.4, -0.2) is 17.0 Å². The molecule has 0 rings (SSSR count). The fourth-order valence-electron chi connectivity index (χ4n) is 0.707. The van der Waals surface area contributed by atoms with E-state index in [9.17, 15) is 0 Å². The van der Waals surface area contributed by atoms with Crippen LogP contribution in [0.1, 0.15) is 27.2 Å². The fraction of sp³-hybridized carbons (Fsp3) is 1.00. The highest BCUT2D eigenvalue weighted by Crippen LogP contribution is 2.05. The van der Waals surface area contributed by atoms with Crippen LogP contribution in [-0.2, 0) is 0 Å². The topological polar surface area (TPSA) is 12.0 Å². The molecular weight excluding hydrogens is 237 g/mol. The van der Waals surface area contributed by atoms with Gasteiger partial charge in [-0.15, -0.1) is 0 Å². The van der Waals surface area contributed by atoms with Crippen LogP contribution >= 0.6 is 22.6 Å². The summed E-state index contributed by atoms with van der Waals surface area (Å²) in [6, 6.07) is 0.678. The molecule has 62 valence electrons. The van der Waals surface area contributed by atoms with E-state index in [2.05, 4.69) is 48.7 Å². The van der Waals surface area contributed by atoms with Gasteiger partial charge in [-0.05, 0) is 25.8 Å². The van der Waals surface area contributed by atoms with Gasteiger partial charge in [0.15, 0.2) is 0 Å². The second kappa shape index (κ2) is 6.40. The van der Waals surface area contributed by atoms with Crippen molar-refractivity contribution in [2.45, 2.75) is 33.2 Å². The number of alkyl halides is 1. The third kappa shape index (κ3) is 4.50. The lowest BCUT2D eigenvalue weighted by molar-refractivity contribution is 0.437. The van der Waals surface area contributed by atoms with Crippen LogP contribution in [0, 0.1) is 5.92 Å². The van der Waals surface area contributed by atoms with E-state index in [1.165, 1.54) is 10.8 Å². The predicted octanol–water partition coefficient (Wildman–Crippen LogP) is 2.45. The molecule has 0 heterocycles. The van der Waals surface area contributed by atoms with Crippen LogP contribution in [0.25, 0.3) is 0 Å². The second-order valence-corrected chi connectivity index (χ2v) is 3.76. The lowest BCUT2D eigenvalue weighted by Gasteiger charge is -2.18. The minimum Gasteiger partial charge on any atom is -0.314 e. The van der Waals surface area contributed by atoms with Crippen LogP contribution in [0.15, 0.2) is 0 Å². The highest BCUT2D eigenvalue weighted by atomic mass is 127. The van der Waals surface area contributed by atoms with E-state index < -0.39 is 0 Å². The predicted molar refractivity (Wildman–Crippen MR) is 55.8 cm³/mol. The summed E-state index contributed by atoms with van der Waals surface area (Å²) < 4.78 is 1.25. The molecule has 0 aliphatic rings. The first-order valence-electron chi connectivity index (χ1n) is 4.01. The van der Waals surface area contributed by atoms with E-state index in [1.54, 1.807) is 0 Å². The number of hydrogen-bond donors (Lipinski definition) is 1. The van der Waals surface area contributed by atoms with Gasteiger partial charge in [-0.3, -0.25) is 0 Å². The summed E-state index contributed by atoms with van der Waals surface area (Å²) in [5, 5.41) is 3.48. The molecule has 2 heteroatoms. The summed E-state index contributed by atoms with van der Waals surface area (Å²) in [4.78, 5) is 0. The van der Waals surface area contributed by atoms with Gasteiger partial charge in [-0.2, -0.15) is 0 Å². The van der Waals surface area contributed by atoms with Crippen LogP contribution < -0.4 is 5.32 Å². The highest BCUT2D eigenvalue weighted by molar-refractivity contribution is 14.1. The van der Waals surface area contributed by atoms with Gasteiger partial charge in [0.05, 0.1) is 0 Å². The number of halogens is 1. The normalized spacial score (nSPS) is 16.8. The Balaban J connectivity index is 3.31. The van der Waals surface area contributed by atoms with E-state index in [4.69, 9.17) is 0 Å². The van der Waals surface area contributed by atoms with E-state index in [0.717, 1.165) is 12.5 Å². The quantitative estimate of drug-likeness (QED) is 0.587. The maximum absolute atomic E-state index is 3.48. The standard InChI is InChI=1S/C8H18IN/c1-4-5-10-8(3)7(2)6-9/h7-8,10H,4-6H2,1-3H3/t7-,8?/m0/s1. The maximum Gasteiger partial charge on any atom is 0.00716 e. The molecule has 0 saturated heterocycles. The lowest BCUT2D eigenvalue weighted by atomic mass is 10.1. The van der Waals surface area contributed by atoms with Crippen LogP contribution in [0.3, 0.4) is 0 Å². The number of nitrogens with one attached hydrogen (secondary N) is 1. The Morgan fingerprint density at radius 1 is 1.40 bits per heavy atom. The molecule has 10 heavy (non-hydrogen) atoms. The third-order valence-electron chi connectivity index (χ3n) is 1.81. The molecule has 1 N–H and O–H groups in total. The monoisotopic (exact) mass is 255 g/mol. The lowest BCUT2D eigenvalue weighted by Crippen LogP contribution is -2.33. The first-order chi connectivity index (χ1) is 4.72. The van der Waals surface area contributed by atoms with E-state index in [1.807, 2.05) is 0 Å². The van der Waals surface area contributed by atoms with Crippen LogP contribution in [0.5, 0.6) is 0 Å². The summed E-state index contributed by atoms with van der Waals surface area (Å²) in [7, 11) is 0. The van der Waals surface area contributed by atoms with Crippen molar-refractivity contribution in [1.82, 2.24) is 5.32 Å². The Labute approximate surface area is 78.1 Å². The molecule has 0 radical (unpaired) electrons. The van der Waals surface area contributed by atoms with Crippen molar-refractivity contribution < 1.29 is 0 Å². The van der Waals surface area contributed by atoms with Crippen molar-refractivity contribution in [2.75, 3.05) is 11.0 Å². The zero-order valence-corrected chi connectivity index (χ0v) is 9.31. The fourth-order valence-corrected chi connectivity index (χ4v) is 1.47. The van der Waals surface area contributed by atoms with Crippen molar-refractivity contribution in [3.8, 4) is 0 Å². The van der Waals surface area contributed by atoms with Crippen molar-refractivity contribution in [2.24, 2.45) is 5.92 Å². The summed E-state index contributed by atoms with van der Waals surface area (Å²) in [5.74, 6) is 0.798. The smallest absolute Gasteiger partial charge is 0.00716 e. The molecule has 0 aliphatic carbocycles. The zero-order chi connectivity index (χ0) is 7.98. The van der Waals surface area contributed by atoms with Crippen molar-refractivity contribution in [1.29, 1.82) is 0 Å². The summed E-state index contributed by atoms with van der Waals surface area (Å²) >= 11 is 2.44. The molecule has 0 aromatic rings. The molecule has 2 atom stereocenters. The van der Waals surface area contributed by atoms with Gasteiger partial charge in [0.2, 0.25) is 0 Å². The molecule has 0 aromatic carbocycles. The molecule has 0 aromatic heterocycles. The van der Waals surface area contributed by atoms with Gasteiger partial charge >= 0.3 is 0 Å². The average molecular weight is 255 g/mol. The van der Waals surface area contributed by atoms with Crippen LogP contribution in [0.4, 0.5) is 0 Å². The van der Waals surface area contributed by atoms with Gasteiger partial charge < -0.3 is 5.32 Å². The van der Waals surface area contributed by atoms with Gasteiger partial charge in [-0.25, -0.2) is 0 Å².